The van der Waals surface area contributed by atoms with E-state index in [1.54, 1.807) is 0 Å². The van der Waals surface area contributed by atoms with Gasteiger partial charge in [0.2, 0.25) is 0 Å². The maximum absolute atomic E-state index is 13.5. The highest BCUT2D eigenvalue weighted by Crippen LogP contribution is 2.45. The summed E-state index contributed by atoms with van der Waals surface area (Å²) in [5, 5.41) is 8.15. The number of aryl methyl sites for hydroxylation is 1. The number of nitrogens with one attached hydrogen (secondary N) is 1. The van der Waals surface area contributed by atoms with Crippen LogP contribution in [0, 0.1) is 6.92 Å². The zero-order chi connectivity index (χ0) is 20.8. The molecule has 0 aliphatic carbocycles. The number of carbonyl (C=O) groups is 1. The summed E-state index contributed by atoms with van der Waals surface area (Å²) in [7, 11) is 0. The van der Waals surface area contributed by atoms with Gasteiger partial charge >= 0.3 is 0 Å². The van der Waals surface area contributed by atoms with E-state index < -0.39 is 0 Å². The molecule has 4 aromatic rings. The highest BCUT2D eigenvalue weighted by Gasteiger charge is 2.43. The first-order valence-electron chi connectivity index (χ1n) is 9.53. The molecule has 1 unspecified atom stereocenters. The van der Waals surface area contributed by atoms with Crippen LogP contribution in [0.2, 0.25) is 5.02 Å². The Kier molecular flexibility index (Phi) is 4.72. The average Bonchev–Trinajstić information content (AvgIpc) is 3.29. The van der Waals surface area contributed by atoms with Gasteiger partial charge in [-0.05, 0) is 48.9 Å². The number of aromatic nitrogens is 2. The molecule has 2 heterocycles. The predicted octanol–water partition coefficient (Wildman–Crippen LogP) is 6.55. The molecular weight excluding hydrogens is 462 g/mol. The molecule has 1 aliphatic rings. The van der Waals surface area contributed by atoms with Crippen molar-refractivity contribution in [1.29, 1.82) is 0 Å². The molecule has 3 aromatic carbocycles. The Morgan fingerprint density at radius 1 is 0.967 bits per heavy atom. The zero-order valence-corrected chi connectivity index (χ0v) is 18.4. The van der Waals surface area contributed by atoms with Gasteiger partial charge in [0, 0.05) is 26.3 Å². The number of anilines is 1. The van der Waals surface area contributed by atoms with E-state index in [2.05, 4.69) is 26.1 Å². The fourth-order valence-corrected chi connectivity index (χ4v) is 4.30. The summed E-state index contributed by atoms with van der Waals surface area (Å²) in [6.07, 6.45) is 0. The van der Waals surface area contributed by atoms with E-state index in [1.165, 1.54) is 0 Å². The van der Waals surface area contributed by atoms with Crippen LogP contribution in [0.1, 0.15) is 33.2 Å². The lowest BCUT2D eigenvalue weighted by atomic mass is 9.96. The monoisotopic (exact) mass is 477 g/mol. The Morgan fingerprint density at radius 3 is 2.30 bits per heavy atom. The first-order valence-corrected chi connectivity index (χ1v) is 10.7. The van der Waals surface area contributed by atoms with Gasteiger partial charge in [0.05, 0.1) is 11.7 Å². The third-order valence-electron chi connectivity index (χ3n) is 5.38. The first-order chi connectivity index (χ1) is 14.5. The zero-order valence-electron chi connectivity index (χ0n) is 16.1. The Hall–Kier alpha value is -2.89. The number of amides is 1. The fraction of sp³-hybridized carbons (Fsp3) is 0.0833. The van der Waals surface area contributed by atoms with Gasteiger partial charge < -0.3 is 0 Å². The quantitative estimate of drug-likeness (QED) is 0.363. The minimum atomic E-state index is -0.285. The molecule has 0 bridgehead atoms. The molecule has 0 saturated carbocycles. The molecule has 6 heteroatoms. The van der Waals surface area contributed by atoms with Crippen molar-refractivity contribution < 1.29 is 4.79 Å². The number of benzene rings is 3. The first kappa shape index (κ1) is 19.1. The van der Waals surface area contributed by atoms with Gasteiger partial charge in [-0.15, -0.1) is 0 Å². The number of fused-ring (bicyclic) bond motifs is 1. The van der Waals surface area contributed by atoms with Crippen molar-refractivity contribution in [2.75, 3.05) is 4.90 Å². The van der Waals surface area contributed by atoms with Crippen molar-refractivity contribution >= 4 is 39.1 Å². The van der Waals surface area contributed by atoms with Crippen LogP contribution in [0.25, 0.3) is 11.3 Å². The minimum absolute atomic E-state index is 0.0884. The van der Waals surface area contributed by atoms with Crippen molar-refractivity contribution in [3.8, 4) is 11.3 Å². The number of aromatic amines is 1. The Bertz CT molecular complexity index is 1230. The molecule has 0 spiro atoms. The Morgan fingerprint density at radius 2 is 1.63 bits per heavy atom. The Balaban J connectivity index is 1.71. The van der Waals surface area contributed by atoms with E-state index >= 15 is 0 Å². The van der Waals surface area contributed by atoms with Crippen molar-refractivity contribution in [3.05, 3.63) is 105 Å². The van der Waals surface area contributed by atoms with E-state index in [0.717, 1.165) is 38.1 Å². The summed E-state index contributed by atoms with van der Waals surface area (Å²) in [5.41, 5.74) is 6.09. The molecule has 1 aromatic heterocycles. The molecule has 1 N–H and O–H groups in total. The van der Waals surface area contributed by atoms with Gasteiger partial charge in [0.25, 0.3) is 5.91 Å². The normalized spacial score (nSPS) is 15.5. The smallest absolute Gasteiger partial charge is 0.277 e. The number of nitrogens with zero attached hydrogens (tertiary/aromatic N) is 2. The number of hydrogen-bond acceptors (Lipinski definition) is 2. The number of rotatable bonds is 3. The van der Waals surface area contributed by atoms with Crippen LogP contribution in [-0.2, 0) is 0 Å². The summed E-state index contributed by atoms with van der Waals surface area (Å²) in [5.74, 6) is -0.0884. The van der Waals surface area contributed by atoms with Crippen molar-refractivity contribution in [1.82, 2.24) is 10.2 Å². The minimum Gasteiger partial charge on any atom is -0.295 e. The van der Waals surface area contributed by atoms with Crippen LogP contribution < -0.4 is 4.90 Å². The van der Waals surface area contributed by atoms with Crippen LogP contribution in [-0.4, -0.2) is 16.1 Å². The second-order valence-electron chi connectivity index (χ2n) is 7.33. The summed E-state index contributed by atoms with van der Waals surface area (Å²) < 4.78 is 0.989. The van der Waals surface area contributed by atoms with Crippen molar-refractivity contribution in [2.45, 2.75) is 13.0 Å². The second-order valence-corrected chi connectivity index (χ2v) is 8.68. The van der Waals surface area contributed by atoms with Crippen LogP contribution in [0.4, 0.5) is 5.69 Å². The molecule has 30 heavy (non-hydrogen) atoms. The van der Waals surface area contributed by atoms with Crippen LogP contribution in [0.15, 0.2) is 77.3 Å². The largest absolute Gasteiger partial charge is 0.295 e. The molecule has 1 atom stereocenters. The lowest BCUT2D eigenvalue weighted by Gasteiger charge is -2.26. The molecule has 148 valence electrons. The van der Waals surface area contributed by atoms with E-state index in [-0.39, 0.29) is 11.9 Å². The van der Waals surface area contributed by atoms with E-state index in [1.807, 2.05) is 84.6 Å². The summed E-state index contributed by atoms with van der Waals surface area (Å²) in [4.78, 5) is 15.3. The van der Waals surface area contributed by atoms with Crippen LogP contribution in [0.3, 0.4) is 0 Å². The number of carbonyl (C=O) groups excluding carboxylic acids is 1. The van der Waals surface area contributed by atoms with E-state index in [4.69, 9.17) is 11.6 Å². The summed E-state index contributed by atoms with van der Waals surface area (Å²) in [6.45, 7) is 2.03. The molecule has 0 saturated heterocycles. The van der Waals surface area contributed by atoms with Gasteiger partial charge in [0.1, 0.15) is 5.69 Å². The predicted molar refractivity (Wildman–Crippen MR) is 123 cm³/mol. The maximum atomic E-state index is 13.5. The third-order valence-corrected chi connectivity index (χ3v) is 6.16. The maximum Gasteiger partial charge on any atom is 0.277 e. The van der Waals surface area contributed by atoms with Gasteiger partial charge in [-0.25, -0.2) is 0 Å². The lowest BCUT2D eigenvalue weighted by molar-refractivity contribution is 0.0989. The molecular formula is C24H17BrClN3O. The molecule has 5 rings (SSSR count). The molecule has 1 aliphatic heterocycles. The average molecular weight is 479 g/mol. The highest BCUT2D eigenvalue weighted by molar-refractivity contribution is 9.10. The molecule has 1 amide bonds. The van der Waals surface area contributed by atoms with Gasteiger partial charge in [-0.1, -0.05) is 69.5 Å². The molecule has 0 fully saturated rings. The number of halogens is 2. The molecule has 4 nitrogen and oxygen atoms in total. The van der Waals surface area contributed by atoms with E-state index in [9.17, 15) is 4.79 Å². The fourth-order valence-electron chi connectivity index (χ4n) is 3.91. The lowest BCUT2D eigenvalue weighted by Crippen LogP contribution is -2.29. The SMILES string of the molecule is Cc1ccc(N2C(=O)c3[nH]nc(-c4ccc(Cl)cc4)c3C2c2ccc(Br)cc2)cc1. The summed E-state index contributed by atoms with van der Waals surface area (Å²) in [6, 6.07) is 23.3. The standard InChI is InChI=1S/C24H17BrClN3O/c1-14-2-12-19(13-3-14)29-23(16-4-8-17(25)9-5-16)20-21(27-28-22(20)24(29)30)15-6-10-18(26)11-7-15/h2-13,23H,1H3,(H,27,28). The summed E-state index contributed by atoms with van der Waals surface area (Å²) >= 11 is 9.58. The van der Waals surface area contributed by atoms with Crippen molar-refractivity contribution in [3.63, 3.8) is 0 Å². The van der Waals surface area contributed by atoms with Gasteiger partial charge in [-0.3, -0.25) is 14.8 Å². The van der Waals surface area contributed by atoms with Crippen molar-refractivity contribution in [2.24, 2.45) is 0 Å². The number of H-pyrrole nitrogens is 1. The molecule has 0 radical (unpaired) electrons. The van der Waals surface area contributed by atoms with Crippen LogP contribution >= 0.6 is 27.5 Å². The number of hydrogen-bond donors (Lipinski definition) is 1. The topological polar surface area (TPSA) is 49.0 Å². The van der Waals surface area contributed by atoms with Crippen LogP contribution in [0.5, 0.6) is 0 Å². The van der Waals surface area contributed by atoms with Gasteiger partial charge in [-0.2, -0.15) is 5.10 Å². The highest BCUT2D eigenvalue weighted by atomic mass is 79.9. The third kappa shape index (κ3) is 3.15. The van der Waals surface area contributed by atoms with Gasteiger partial charge in [0.15, 0.2) is 0 Å². The Labute approximate surface area is 187 Å². The second kappa shape index (κ2) is 7.42. The van der Waals surface area contributed by atoms with E-state index in [0.29, 0.717) is 10.7 Å².